The molecule has 22 heavy (non-hydrogen) atoms. The highest BCUT2D eigenvalue weighted by molar-refractivity contribution is 5.90. The summed E-state index contributed by atoms with van der Waals surface area (Å²) >= 11 is 0. The highest BCUT2D eigenvalue weighted by Crippen LogP contribution is 2.19. The third-order valence-electron chi connectivity index (χ3n) is 4.13. The summed E-state index contributed by atoms with van der Waals surface area (Å²) in [6.45, 7) is 7.72. The van der Waals surface area contributed by atoms with Gasteiger partial charge < -0.3 is 19.7 Å². The number of carbonyl (C=O) groups excluding carboxylic acids is 1. The lowest BCUT2D eigenvalue weighted by Crippen LogP contribution is -2.63. The number of carbonyl (C=O) groups is 1. The van der Waals surface area contributed by atoms with Gasteiger partial charge in [-0.2, -0.15) is 0 Å². The number of rotatable bonds is 4. The van der Waals surface area contributed by atoms with Crippen molar-refractivity contribution in [2.24, 2.45) is 0 Å². The van der Waals surface area contributed by atoms with E-state index in [9.17, 15) is 4.79 Å². The Labute approximate surface area is 131 Å². The Morgan fingerprint density at radius 2 is 1.95 bits per heavy atom. The first-order valence-corrected chi connectivity index (χ1v) is 7.87. The number of nitrogens with one attached hydrogen (secondary N) is 1. The molecule has 1 aromatic rings. The monoisotopic (exact) mass is 305 g/mol. The number of hydrogen-bond donors (Lipinski definition) is 1. The van der Waals surface area contributed by atoms with E-state index in [0.717, 1.165) is 50.8 Å². The number of anilines is 1. The van der Waals surface area contributed by atoms with Crippen molar-refractivity contribution >= 4 is 11.7 Å². The van der Waals surface area contributed by atoms with Crippen molar-refractivity contribution in [3.63, 3.8) is 0 Å². The minimum absolute atomic E-state index is 0.0336. The van der Waals surface area contributed by atoms with E-state index in [4.69, 9.17) is 9.47 Å². The van der Waals surface area contributed by atoms with Gasteiger partial charge in [0.25, 0.3) is 0 Å². The fourth-order valence-corrected chi connectivity index (χ4v) is 2.80. The highest BCUT2D eigenvalue weighted by Gasteiger charge is 2.35. The Kier molecular flexibility index (Phi) is 4.80. The van der Waals surface area contributed by atoms with Crippen LogP contribution in [0.25, 0.3) is 0 Å². The van der Waals surface area contributed by atoms with Crippen molar-refractivity contribution in [2.45, 2.75) is 13.0 Å². The van der Waals surface area contributed by atoms with Crippen molar-refractivity contribution in [3.8, 4) is 5.75 Å². The number of benzene rings is 1. The molecular weight excluding hydrogens is 282 g/mol. The standard InChI is InChI=1S/C16H23N3O3/c1-2-22-15-5-3-13(4-6-15)17-16(20)19-11-14(12-19)18-7-9-21-10-8-18/h3-6,14H,2,7-12H2,1H3,(H,17,20). The number of hydrogen-bond acceptors (Lipinski definition) is 4. The van der Waals surface area contributed by atoms with Crippen LogP contribution in [0.2, 0.25) is 0 Å². The van der Waals surface area contributed by atoms with E-state index in [1.54, 1.807) is 0 Å². The number of nitrogens with zero attached hydrogens (tertiary/aromatic N) is 2. The molecule has 0 radical (unpaired) electrons. The summed E-state index contributed by atoms with van der Waals surface area (Å²) in [6, 6.07) is 7.91. The first-order chi connectivity index (χ1) is 10.8. The summed E-state index contributed by atoms with van der Waals surface area (Å²) in [6.07, 6.45) is 0. The van der Waals surface area contributed by atoms with E-state index in [0.29, 0.717) is 12.6 Å². The van der Waals surface area contributed by atoms with Crippen molar-refractivity contribution in [3.05, 3.63) is 24.3 Å². The second-order valence-electron chi connectivity index (χ2n) is 5.59. The Hall–Kier alpha value is -1.79. The lowest BCUT2D eigenvalue weighted by molar-refractivity contribution is -0.0189. The van der Waals surface area contributed by atoms with Gasteiger partial charge in [0.15, 0.2) is 0 Å². The van der Waals surface area contributed by atoms with Gasteiger partial charge in [-0.3, -0.25) is 4.90 Å². The van der Waals surface area contributed by atoms with Gasteiger partial charge in [0, 0.05) is 37.9 Å². The van der Waals surface area contributed by atoms with Gasteiger partial charge in [-0.25, -0.2) is 4.79 Å². The number of urea groups is 1. The summed E-state index contributed by atoms with van der Waals surface area (Å²) in [7, 11) is 0. The molecule has 1 aromatic carbocycles. The topological polar surface area (TPSA) is 54.0 Å². The van der Waals surface area contributed by atoms with Gasteiger partial charge in [0.2, 0.25) is 0 Å². The summed E-state index contributed by atoms with van der Waals surface area (Å²) in [4.78, 5) is 16.4. The molecule has 0 aromatic heterocycles. The summed E-state index contributed by atoms with van der Waals surface area (Å²) in [5.41, 5.74) is 0.795. The predicted molar refractivity (Wildman–Crippen MR) is 84.4 cm³/mol. The zero-order valence-corrected chi connectivity index (χ0v) is 13.0. The van der Waals surface area contributed by atoms with Crippen LogP contribution in [0.4, 0.5) is 10.5 Å². The van der Waals surface area contributed by atoms with Crippen LogP contribution in [0, 0.1) is 0 Å². The molecule has 3 rings (SSSR count). The quantitative estimate of drug-likeness (QED) is 0.919. The van der Waals surface area contributed by atoms with Crippen LogP contribution in [0.3, 0.4) is 0 Å². The zero-order chi connectivity index (χ0) is 15.4. The molecule has 0 bridgehead atoms. The van der Waals surface area contributed by atoms with Crippen molar-refractivity contribution in [1.82, 2.24) is 9.80 Å². The molecule has 2 amide bonds. The van der Waals surface area contributed by atoms with Gasteiger partial charge in [0.05, 0.1) is 19.8 Å². The molecule has 0 atom stereocenters. The normalized spacial score (nSPS) is 19.6. The highest BCUT2D eigenvalue weighted by atomic mass is 16.5. The van der Waals surface area contributed by atoms with Gasteiger partial charge in [-0.05, 0) is 31.2 Å². The molecule has 0 unspecified atom stereocenters. The van der Waals surface area contributed by atoms with Gasteiger partial charge in [0.1, 0.15) is 5.75 Å². The molecule has 2 saturated heterocycles. The van der Waals surface area contributed by atoms with Crippen molar-refractivity contribution in [1.29, 1.82) is 0 Å². The van der Waals surface area contributed by atoms with Crippen LogP contribution in [0.5, 0.6) is 5.75 Å². The van der Waals surface area contributed by atoms with E-state index < -0.39 is 0 Å². The Bertz CT molecular complexity index is 494. The van der Waals surface area contributed by atoms with E-state index in [1.165, 1.54) is 0 Å². The molecule has 2 aliphatic rings. The molecule has 2 fully saturated rings. The smallest absolute Gasteiger partial charge is 0.321 e. The Morgan fingerprint density at radius 1 is 1.27 bits per heavy atom. The maximum Gasteiger partial charge on any atom is 0.321 e. The molecule has 0 aliphatic carbocycles. The summed E-state index contributed by atoms with van der Waals surface area (Å²) in [5.74, 6) is 0.817. The van der Waals surface area contributed by atoms with E-state index >= 15 is 0 Å². The molecule has 6 nitrogen and oxygen atoms in total. The first-order valence-electron chi connectivity index (χ1n) is 7.87. The van der Waals surface area contributed by atoms with Gasteiger partial charge >= 0.3 is 6.03 Å². The third kappa shape index (κ3) is 3.51. The molecule has 0 saturated carbocycles. The SMILES string of the molecule is CCOc1ccc(NC(=O)N2CC(N3CCOCC3)C2)cc1. The van der Waals surface area contributed by atoms with Gasteiger partial charge in [-0.1, -0.05) is 0 Å². The van der Waals surface area contributed by atoms with Crippen molar-refractivity contribution in [2.75, 3.05) is 51.3 Å². The summed E-state index contributed by atoms with van der Waals surface area (Å²) < 4.78 is 10.7. The minimum atomic E-state index is -0.0336. The fourth-order valence-electron chi connectivity index (χ4n) is 2.80. The number of likely N-dealkylation sites (tertiary alicyclic amines) is 1. The number of amides is 2. The predicted octanol–water partition coefficient (Wildman–Crippen LogP) is 1.63. The minimum Gasteiger partial charge on any atom is -0.494 e. The van der Waals surface area contributed by atoms with E-state index in [1.807, 2.05) is 36.1 Å². The molecular formula is C16H23N3O3. The average molecular weight is 305 g/mol. The van der Waals surface area contributed by atoms with Gasteiger partial charge in [-0.15, -0.1) is 0 Å². The van der Waals surface area contributed by atoms with Crippen LogP contribution in [0.15, 0.2) is 24.3 Å². The van der Waals surface area contributed by atoms with E-state index in [2.05, 4.69) is 10.2 Å². The van der Waals surface area contributed by atoms with Crippen LogP contribution in [0.1, 0.15) is 6.92 Å². The zero-order valence-electron chi connectivity index (χ0n) is 13.0. The maximum atomic E-state index is 12.2. The second-order valence-corrected chi connectivity index (χ2v) is 5.59. The third-order valence-corrected chi connectivity index (χ3v) is 4.13. The number of morpholine rings is 1. The summed E-state index contributed by atoms with van der Waals surface area (Å²) in [5, 5.41) is 2.92. The number of ether oxygens (including phenoxy) is 2. The molecule has 2 aliphatic heterocycles. The maximum absolute atomic E-state index is 12.2. The molecule has 6 heteroatoms. The largest absolute Gasteiger partial charge is 0.494 e. The van der Waals surface area contributed by atoms with Crippen LogP contribution in [-0.4, -0.2) is 67.9 Å². The van der Waals surface area contributed by atoms with E-state index in [-0.39, 0.29) is 6.03 Å². The lowest BCUT2D eigenvalue weighted by Gasteiger charge is -2.46. The van der Waals surface area contributed by atoms with Crippen LogP contribution in [-0.2, 0) is 4.74 Å². The fraction of sp³-hybridized carbons (Fsp3) is 0.562. The molecule has 2 heterocycles. The lowest BCUT2D eigenvalue weighted by atomic mass is 10.1. The van der Waals surface area contributed by atoms with Crippen LogP contribution >= 0.6 is 0 Å². The molecule has 120 valence electrons. The average Bonchev–Trinajstić information content (AvgIpc) is 2.49. The molecule has 1 N–H and O–H groups in total. The first kappa shape index (κ1) is 15.1. The molecule has 0 spiro atoms. The Balaban J connectivity index is 1.45. The Morgan fingerprint density at radius 3 is 2.59 bits per heavy atom. The van der Waals surface area contributed by atoms with Crippen LogP contribution < -0.4 is 10.1 Å². The van der Waals surface area contributed by atoms with Crippen molar-refractivity contribution < 1.29 is 14.3 Å². The second kappa shape index (κ2) is 6.98.